The second kappa shape index (κ2) is 3.18. The van der Waals surface area contributed by atoms with Gasteiger partial charge in [-0.15, -0.1) is 0 Å². The topological polar surface area (TPSA) is 80.1 Å². The molecule has 3 aliphatic rings. The molecular formula is C10H13NO6. The van der Waals surface area contributed by atoms with Gasteiger partial charge in [-0.05, 0) is 13.8 Å². The Morgan fingerprint density at radius 3 is 2.65 bits per heavy atom. The number of carbonyl (C=O) groups excluding carboxylic acids is 1. The van der Waals surface area contributed by atoms with E-state index in [2.05, 4.69) is 0 Å². The summed E-state index contributed by atoms with van der Waals surface area (Å²) < 4.78 is 22.2. The summed E-state index contributed by atoms with van der Waals surface area (Å²) in [7, 11) is 1.24. The quantitative estimate of drug-likeness (QED) is 0.244. The molecule has 0 radical (unpaired) electrons. The molecule has 0 bridgehead atoms. The van der Waals surface area contributed by atoms with Crippen LogP contribution in [-0.4, -0.2) is 53.9 Å². The minimum atomic E-state index is -0.765. The summed E-state index contributed by atoms with van der Waals surface area (Å²) in [6, 6.07) is 0. The number of ether oxygens (including phenoxy) is 4. The van der Waals surface area contributed by atoms with Gasteiger partial charge in [0.15, 0.2) is 30.4 Å². The molecule has 3 fully saturated rings. The van der Waals surface area contributed by atoms with Crippen LogP contribution >= 0.6 is 0 Å². The second-order valence-corrected chi connectivity index (χ2v) is 4.78. The molecule has 4 atom stereocenters. The number of carbonyl (C=O) groups is 1. The zero-order valence-electron chi connectivity index (χ0n) is 9.71. The number of hydrogen-bond donors (Lipinski definition) is 0. The van der Waals surface area contributed by atoms with Gasteiger partial charge in [0.05, 0.1) is 0 Å². The summed E-state index contributed by atoms with van der Waals surface area (Å²) in [5.41, 5.74) is -0.0330. The molecular weight excluding hydrogens is 230 g/mol. The number of nitrogens with zero attached hydrogens (tertiary/aromatic N) is 1. The van der Waals surface area contributed by atoms with Crippen molar-refractivity contribution in [2.45, 2.75) is 44.2 Å². The molecule has 17 heavy (non-hydrogen) atoms. The molecule has 7 heteroatoms. The summed E-state index contributed by atoms with van der Waals surface area (Å²) in [6.07, 6.45) is -2.36. The van der Waals surface area contributed by atoms with E-state index in [0.29, 0.717) is 4.74 Å². The van der Waals surface area contributed by atoms with Crippen molar-refractivity contribution in [2.24, 2.45) is 0 Å². The van der Waals surface area contributed by atoms with Crippen molar-refractivity contribution in [3.05, 3.63) is 5.21 Å². The molecule has 0 aromatic heterocycles. The monoisotopic (exact) mass is 243 g/mol. The molecule has 3 heterocycles. The summed E-state index contributed by atoms with van der Waals surface area (Å²) in [6.45, 7) is 3.51. The fourth-order valence-corrected chi connectivity index (χ4v) is 2.44. The van der Waals surface area contributed by atoms with Gasteiger partial charge < -0.3 is 24.2 Å². The van der Waals surface area contributed by atoms with E-state index in [1.54, 1.807) is 13.8 Å². The van der Waals surface area contributed by atoms with Crippen molar-refractivity contribution in [3.8, 4) is 0 Å². The molecule has 0 unspecified atom stereocenters. The van der Waals surface area contributed by atoms with E-state index in [9.17, 15) is 10.0 Å². The van der Waals surface area contributed by atoms with Crippen LogP contribution in [-0.2, 0) is 23.7 Å². The lowest BCUT2D eigenvalue weighted by atomic mass is 10.1. The van der Waals surface area contributed by atoms with Gasteiger partial charge in [0, 0.05) is 0 Å². The van der Waals surface area contributed by atoms with Gasteiger partial charge in [0.2, 0.25) is 0 Å². The standard InChI is InChI=1S/C10H13NO6/c1-10(2)16-7-6-5(15-9(7)17-10)4(11(3)13)8(12)14-6/h5-7,9H,1-3H3/b11-4-/t5-,6+,7-,9-/m1/s1. The van der Waals surface area contributed by atoms with E-state index in [1.807, 2.05) is 0 Å². The van der Waals surface area contributed by atoms with Crippen molar-refractivity contribution < 1.29 is 28.5 Å². The maximum Gasteiger partial charge on any atom is 0.403 e. The Bertz CT molecular complexity index is 413. The van der Waals surface area contributed by atoms with Crippen molar-refractivity contribution in [3.63, 3.8) is 0 Å². The summed E-state index contributed by atoms with van der Waals surface area (Å²) in [4.78, 5) is 11.5. The van der Waals surface area contributed by atoms with Crippen LogP contribution in [0.1, 0.15) is 13.8 Å². The van der Waals surface area contributed by atoms with Gasteiger partial charge in [0.25, 0.3) is 0 Å². The molecule has 0 spiro atoms. The van der Waals surface area contributed by atoms with Gasteiger partial charge in [-0.25, -0.2) is 9.53 Å². The molecule has 0 aromatic carbocycles. The third-order valence-electron chi connectivity index (χ3n) is 3.05. The Morgan fingerprint density at radius 1 is 1.29 bits per heavy atom. The molecule has 94 valence electrons. The Morgan fingerprint density at radius 2 is 2.00 bits per heavy atom. The first-order valence-corrected chi connectivity index (χ1v) is 5.39. The molecule has 3 saturated heterocycles. The largest absolute Gasteiger partial charge is 0.624 e. The molecule has 0 aliphatic carbocycles. The van der Waals surface area contributed by atoms with Gasteiger partial charge in [-0.2, -0.15) is 0 Å². The minimum Gasteiger partial charge on any atom is -0.624 e. The van der Waals surface area contributed by atoms with Crippen LogP contribution in [0.4, 0.5) is 0 Å². The average Bonchev–Trinajstić information content (AvgIpc) is 2.71. The van der Waals surface area contributed by atoms with E-state index in [0.717, 1.165) is 0 Å². The highest BCUT2D eigenvalue weighted by atomic mass is 16.8. The number of fused-ring (bicyclic) bond motifs is 3. The lowest BCUT2D eigenvalue weighted by molar-refractivity contribution is -0.425. The van der Waals surface area contributed by atoms with Crippen molar-refractivity contribution in [1.29, 1.82) is 0 Å². The van der Waals surface area contributed by atoms with Crippen LogP contribution in [0.2, 0.25) is 0 Å². The number of hydrogen-bond acceptors (Lipinski definition) is 6. The summed E-state index contributed by atoms with van der Waals surface area (Å²) in [5, 5.41) is 11.3. The van der Waals surface area contributed by atoms with Crippen LogP contribution in [0.5, 0.6) is 0 Å². The van der Waals surface area contributed by atoms with E-state index in [-0.39, 0.29) is 5.71 Å². The van der Waals surface area contributed by atoms with Gasteiger partial charge >= 0.3 is 11.7 Å². The van der Waals surface area contributed by atoms with E-state index >= 15 is 0 Å². The van der Waals surface area contributed by atoms with Crippen molar-refractivity contribution in [1.82, 2.24) is 0 Å². The molecule has 0 N–H and O–H groups in total. The van der Waals surface area contributed by atoms with Crippen LogP contribution in [0.3, 0.4) is 0 Å². The van der Waals surface area contributed by atoms with Gasteiger partial charge in [0.1, 0.15) is 7.05 Å². The number of hydroxylamine groups is 1. The maximum atomic E-state index is 11.5. The van der Waals surface area contributed by atoms with Gasteiger partial charge in [-0.1, -0.05) is 0 Å². The zero-order valence-corrected chi connectivity index (χ0v) is 9.71. The molecule has 0 saturated carbocycles. The second-order valence-electron chi connectivity index (χ2n) is 4.78. The highest BCUT2D eigenvalue weighted by Crippen LogP contribution is 2.41. The van der Waals surface area contributed by atoms with Crippen molar-refractivity contribution in [2.75, 3.05) is 7.05 Å². The van der Waals surface area contributed by atoms with Crippen LogP contribution in [0.15, 0.2) is 0 Å². The van der Waals surface area contributed by atoms with Gasteiger partial charge in [-0.3, -0.25) is 0 Å². The normalized spacial score (nSPS) is 45.5. The number of esters is 1. The van der Waals surface area contributed by atoms with E-state index in [4.69, 9.17) is 18.9 Å². The average molecular weight is 243 g/mol. The first-order chi connectivity index (χ1) is 7.89. The first kappa shape index (κ1) is 10.9. The van der Waals surface area contributed by atoms with Crippen LogP contribution < -0.4 is 0 Å². The zero-order chi connectivity index (χ0) is 12.4. The molecule has 3 rings (SSSR count). The first-order valence-electron chi connectivity index (χ1n) is 5.39. The Hall–Kier alpha value is -1.18. The summed E-state index contributed by atoms with van der Waals surface area (Å²) in [5.74, 6) is -1.41. The fraction of sp³-hybridized carbons (Fsp3) is 0.800. The lowest BCUT2D eigenvalue weighted by Crippen LogP contribution is -2.35. The highest BCUT2D eigenvalue weighted by molar-refractivity contribution is 6.38. The highest BCUT2D eigenvalue weighted by Gasteiger charge is 2.64. The van der Waals surface area contributed by atoms with E-state index in [1.165, 1.54) is 7.05 Å². The fourth-order valence-electron chi connectivity index (χ4n) is 2.44. The van der Waals surface area contributed by atoms with E-state index < -0.39 is 36.4 Å². The lowest BCUT2D eigenvalue weighted by Gasteiger charge is -2.20. The SMILES string of the molecule is C/[N+]([O-])=C1/C(=O)O[C@@H]2[C@H]3OC(C)(C)O[C@H]3O[C@H]12. The molecule has 0 amide bonds. The predicted molar refractivity (Wildman–Crippen MR) is 53.1 cm³/mol. The number of rotatable bonds is 0. The van der Waals surface area contributed by atoms with Crippen LogP contribution in [0.25, 0.3) is 0 Å². The molecule has 0 aromatic rings. The predicted octanol–water partition coefficient (Wildman–Crippen LogP) is -0.631. The summed E-state index contributed by atoms with van der Waals surface area (Å²) >= 11 is 0. The van der Waals surface area contributed by atoms with Crippen molar-refractivity contribution >= 4 is 11.7 Å². The third-order valence-corrected chi connectivity index (χ3v) is 3.05. The maximum absolute atomic E-state index is 11.5. The third kappa shape index (κ3) is 1.46. The Balaban J connectivity index is 1.90. The Kier molecular flexibility index (Phi) is 2.05. The molecule has 7 nitrogen and oxygen atoms in total. The Labute approximate surface area is 97.5 Å². The molecule has 3 aliphatic heterocycles. The smallest absolute Gasteiger partial charge is 0.403 e. The van der Waals surface area contributed by atoms with Crippen LogP contribution in [0, 0.1) is 5.21 Å². The minimum absolute atomic E-state index is 0.0330.